The fourth-order valence-corrected chi connectivity index (χ4v) is 2.31. The van der Waals surface area contributed by atoms with Gasteiger partial charge in [-0.2, -0.15) is 0 Å². The molecular formula is C12H7N6O2S-. The highest BCUT2D eigenvalue weighted by molar-refractivity contribution is 7.79. The second kappa shape index (κ2) is 6.56. The van der Waals surface area contributed by atoms with Gasteiger partial charge in [-0.3, -0.25) is 4.21 Å². The van der Waals surface area contributed by atoms with Crippen LogP contribution in [0.25, 0.3) is 32.0 Å². The second-order valence-electron chi connectivity index (χ2n) is 3.79. The number of azide groups is 2. The Hall–Kier alpha value is -2.83. The fourth-order valence-electron chi connectivity index (χ4n) is 1.83. The molecule has 0 heterocycles. The molecule has 0 aliphatic heterocycles. The molecule has 0 spiro atoms. The van der Waals surface area contributed by atoms with Crippen LogP contribution in [0.4, 0.5) is 11.4 Å². The standard InChI is InChI=1S/C12H8N6O2S/c13-17-15-11-9(8-4-2-1-3-5-8)6-7-10(21(19)20)12(11)16-18-14/h1-7H,(H,19,20)/p-1. The molecule has 21 heavy (non-hydrogen) atoms. The molecular weight excluding hydrogens is 292 g/mol. The molecule has 2 rings (SSSR count). The monoisotopic (exact) mass is 299 g/mol. The van der Waals surface area contributed by atoms with Crippen LogP contribution in [0.3, 0.4) is 0 Å². The molecule has 0 saturated heterocycles. The number of nitrogens with zero attached hydrogens (tertiary/aromatic N) is 6. The minimum Gasteiger partial charge on any atom is -0.768 e. The van der Waals surface area contributed by atoms with Crippen molar-refractivity contribution < 1.29 is 8.76 Å². The van der Waals surface area contributed by atoms with Gasteiger partial charge in [-0.1, -0.05) is 46.6 Å². The van der Waals surface area contributed by atoms with E-state index in [1.54, 1.807) is 24.3 Å². The topological polar surface area (TPSA) is 138 Å². The lowest BCUT2D eigenvalue weighted by molar-refractivity contribution is 0.537. The Morgan fingerprint density at radius 1 is 0.952 bits per heavy atom. The Morgan fingerprint density at radius 3 is 2.14 bits per heavy atom. The van der Waals surface area contributed by atoms with Crippen molar-refractivity contribution in [3.8, 4) is 11.1 Å². The van der Waals surface area contributed by atoms with Crippen LogP contribution in [0.2, 0.25) is 0 Å². The molecule has 0 bridgehead atoms. The number of hydrogen-bond acceptors (Lipinski definition) is 4. The van der Waals surface area contributed by atoms with Crippen molar-refractivity contribution in [3.63, 3.8) is 0 Å². The predicted octanol–water partition coefficient (Wildman–Crippen LogP) is 4.48. The van der Waals surface area contributed by atoms with Crippen LogP contribution in [0.15, 0.2) is 57.6 Å². The highest BCUT2D eigenvalue weighted by Gasteiger charge is 2.13. The summed E-state index contributed by atoms with van der Waals surface area (Å²) in [5.74, 6) is 0. The molecule has 2 aromatic carbocycles. The summed E-state index contributed by atoms with van der Waals surface area (Å²) in [6.45, 7) is 0. The van der Waals surface area contributed by atoms with Crippen LogP contribution in [-0.2, 0) is 11.1 Å². The minimum absolute atomic E-state index is 0.0248. The van der Waals surface area contributed by atoms with Gasteiger partial charge in [-0.15, -0.1) is 0 Å². The van der Waals surface area contributed by atoms with E-state index < -0.39 is 11.1 Å². The van der Waals surface area contributed by atoms with Crippen molar-refractivity contribution in [2.24, 2.45) is 10.2 Å². The van der Waals surface area contributed by atoms with Gasteiger partial charge in [0.05, 0.1) is 11.4 Å². The lowest BCUT2D eigenvalue weighted by atomic mass is 10.0. The molecule has 9 heteroatoms. The van der Waals surface area contributed by atoms with E-state index >= 15 is 0 Å². The fraction of sp³-hybridized carbons (Fsp3) is 0. The van der Waals surface area contributed by atoms with Crippen LogP contribution in [-0.4, -0.2) is 8.76 Å². The Morgan fingerprint density at radius 2 is 1.57 bits per heavy atom. The summed E-state index contributed by atoms with van der Waals surface area (Å²) in [4.78, 5) is 5.04. The molecule has 104 valence electrons. The zero-order chi connectivity index (χ0) is 15.2. The summed E-state index contributed by atoms with van der Waals surface area (Å²) in [6, 6.07) is 11.7. The molecule has 8 nitrogen and oxygen atoms in total. The predicted molar refractivity (Wildman–Crippen MR) is 76.7 cm³/mol. The molecule has 0 saturated carbocycles. The van der Waals surface area contributed by atoms with E-state index in [9.17, 15) is 8.76 Å². The van der Waals surface area contributed by atoms with Crippen molar-refractivity contribution in [1.29, 1.82) is 0 Å². The van der Waals surface area contributed by atoms with Crippen LogP contribution in [0.1, 0.15) is 0 Å². The molecule has 1 atom stereocenters. The van der Waals surface area contributed by atoms with Crippen LogP contribution >= 0.6 is 0 Å². The zero-order valence-corrected chi connectivity index (χ0v) is 11.3. The van der Waals surface area contributed by atoms with Gasteiger partial charge in [-0.25, -0.2) is 0 Å². The highest BCUT2D eigenvalue weighted by atomic mass is 32.2. The SMILES string of the molecule is [N-]=[N+]=Nc1c(-c2ccccc2)ccc(S(=O)[O-])c1N=[N+]=[N-]. The maximum atomic E-state index is 11.2. The minimum atomic E-state index is -2.62. The summed E-state index contributed by atoms with van der Waals surface area (Å²) < 4.78 is 22.4. The molecule has 2 aromatic rings. The van der Waals surface area contributed by atoms with Crippen molar-refractivity contribution in [1.82, 2.24) is 0 Å². The van der Waals surface area contributed by atoms with Gasteiger partial charge >= 0.3 is 0 Å². The Labute approximate surface area is 121 Å². The molecule has 1 unspecified atom stereocenters. The Kier molecular flexibility index (Phi) is 4.55. The molecule has 0 radical (unpaired) electrons. The quantitative estimate of drug-likeness (QED) is 0.355. The maximum Gasteiger partial charge on any atom is 0.0627 e. The van der Waals surface area contributed by atoms with Gasteiger partial charge in [0.25, 0.3) is 0 Å². The Balaban J connectivity index is 2.85. The lowest BCUT2D eigenvalue weighted by Crippen LogP contribution is -1.91. The number of benzene rings is 2. The third kappa shape index (κ3) is 3.02. The molecule has 0 aliphatic carbocycles. The van der Waals surface area contributed by atoms with Crippen LogP contribution in [0.5, 0.6) is 0 Å². The first-order valence-electron chi connectivity index (χ1n) is 5.61. The van der Waals surface area contributed by atoms with Gasteiger partial charge in [-0.05, 0) is 39.3 Å². The van der Waals surface area contributed by atoms with Gasteiger partial charge in [0.15, 0.2) is 0 Å². The molecule has 0 amide bonds. The van der Waals surface area contributed by atoms with E-state index in [1.807, 2.05) is 6.07 Å². The van der Waals surface area contributed by atoms with Gasteiger partial charge in [0.1, 0.15) is 0 Å². The smallest absolute Gasteiger partial charge is 0.0627 e. The van der Waals surface area contributed by atoms with Crippen molar-refractivity contribution >= 4 is 22.5 Å². The third-order valence-corrected chi connectivity index (χ3v) is 3.36. The van der Waals surface area contributed by atoms with E-state index in [1.165, 1.54) is 12.1 Å². The summed E-state index contributed by atoms with van der Waals surface area (Å²) in [5.41, 5.74) is 18.2. The highest BCUT2D eigenvalue weighted by Crippen LogP contribution is 2.42. The van der Waals surface area contributed by atoms with E-state index in [0.29, 0.717) is 11.1 Å². The van der Waals surface area contributed by atoms with E-state index in [4.69, 9.17) is 11.1 Å². The van der Waals surface area contributed by atoms with Gasteiger partial charge in [0.2, 0.25) is 0 Å². The summed E-state index contributed by atoms with van der Waals surface area (Å²) in [6.07, 6.45) is 0. The van der Waals surface area contributed by atoms with E-state index in [-0.39, 0.29) is 16.3 Å². The van der Waals surface area contributed by atoms with Crippen LogP contribution in [0, 0.1) is 0 Å². The van der Waals surface area contributed by atoms with E-state index in [2.05, 4.69) is 20.1 Å². The van der Waals surface area contributed by atoms with Crippen molar-refractivity contribution in [2.45, 2.75) is 4.90 Å². The lowest BCUT2D eigenvalue weighted by Gasteiger charge is -2.14. The molecule has 0 N–H and O–H groups in total. The van der Waals surface area contributed by atoms with Crippen LogP contribution < -0.4 is 0 Å². The van der Waals surface area contributed by atoms with Gasteiger partial charge in [0, 0.05) is 14.7 Å². The molecule has 0 aliphatic rings. The average molecular weight is 299 g/mol. The molecule has 0 aromatic heterocycles. The third-order valence-electron chi connectivity index (χ3n) is 2.67. The number of rotatable bonds is 4. The summed E-state index contributed by atoms with van der Waals surface area (Å²) in [5, 5.41) is 6.84. The molecule has 0 fully saturated rings. The normalized spacial score (nSPS) is 11.1. The second-order valence-corrected chi connectivity index (χ2v) is 4.70. The maximum absolute atomic E-state index is 11.2. The van der Waals surface area contributed by atoms with E-state index in [0.717, 1.165) is 0 Å². The van der Waals surface area contributed by atoms with Gasteiger partial charge < -0.3 is 4.55 Å². The van der Waals surface area contributed by atoms with Crippen molar-refractivity contribution in [2.75, 3.05) is 0 Å². The number of hydrogen-bond donors (Lipinski definition) is 0. The first-order valence-corrected chi connectivity index (χ1v) is 6.68. The zero-order valence-electron chi connectivity index (χ0n) is 10.4. The van der Waals surface area contributed by atoms with Crippen molar-refractivity contribution in [3.05, 3.63) is 63.4 Å². The summed E-state index contributed by atoms with van der Waals surface area (Å²) >= 11 is -2.62. The summed E-state index contributed by atoms with van der Waals surface area (Å²) in [7, 11) is 0. The first-order chi connectivity index (χ1) is 10.2. The average Bonchev–Trinajstić information content (AvgIpc) is 2.49. The Bertz CT molecular complexity index is 795. The largest absolute Gasteiger partial charge is 0.768 e. The first kappa shape index (κ1) is 14.6.